The summed E-state index contributed by atoms with van der Waals surface area (Å²) in [5, 5.41) is 10.5. The average Bonchev–Trinajstić information content (AvgIpc) is 2.67. The fourth-order valence-corrected chi connectivity index (χ4v) is 4.52. The van der Waals surface area contributed by atoms with Crippen LogP contribution in [0.25, 0.3) is 0 Å². The zero-order chi connectivity index (χ0) is 21.5. The quantitative estimate of drug-likeness (QED) is 0.203. The first-order valence-electron chi connectivity index (χ1n) is 11.7. The number of rotatable bonds is 17. The molecule has 0 heterocycles. The Balaban J connectivity index is 2.65. The Morgan fingerprint density at radius 1 is 0.690 bits per heavy atom. The van der Waals surface area contributed by atoms with Crippen LogP contribution in [0.4, 0.5) is 0 Å². The molecule has 29 heavy (non-hydrogen) atoms. The van der Waals surface area contributed by atoms with Gasteiger partial charge in [0.15, 0.2) is 0 Å². The molecule has 0 unspecified atom stereocenters. The summed E-state index contributed by atoms with van der Waals surface area (Å²) in [5.41, 5.74) is 1.73. The van der Waals surface area contributed by atoms with Crippen molar-refractivity contribution < 1.29 is 18.1 Å². The van der Waals surface area contributed by atoms with Crippen molar-refractivity contribution in [2.75, 3.05) is 0 Å². The molecule has 0 aliphatic heterocycles. The van der Waals surface area contributed by atoms with Crippen LogP contribution in [-0.2, 0) is 23.0 Å². The van der Waals surface area contributed by atoms with Crippen molar-refractivity contribution in [3.63, 3.8) is 0 Å². The van der Waals surface area contributed by atoms with E-state index in [1.165, 1.54) is 70.3 Å². The zero-order valence-electron chi connectivity index (χ0n) is 18.6. The predicted octanol–water partition coefficient (Wildman–Crippen LogP) is 7.23. The third kappa shape index (κ3) is 10.5. The van der Waals surface area contributed by atoms with E-state index in [2.05, 4.69) is 13.8 Å². The summed E-state index contributed by atoms with van der Waals surface area (Å²) in [6.45, 7) is 4.42. The Bertz CT molecular complexity index is 668. The Morgan fingerprint density at radius 2 is 1.14 bits per heavy atom. The summed E-state index contributed by atoms with van der Waals surface area (Å²) < 4.78 is 32.6. The molecular formula is C24H42O4S. The van der Waals surface area contributed by atoms with Gasteiger partial charge in [0.2, 0.25) is 0 Å². The van der Waals surface area contributed by atoms with E-state index in [9.17, 15) is 18.1 Å². The number of phenolic OH excluding ortho intramolecular Hbond substituents is 1. The Morgan fingerprint density at radius 3 is 1.62 bits per heavy atom. The van der Waals surface area contributed by atoms with E-state index in [4.69, 9.17) is 0 Å². The van der Waals surface area contributed by atoms with Gasteiger partial charge in [-0.25, -0.2) is 0 Å². The molecule has 0 atom stereocenters. The van der Waals surface area contributed by atoms with Gasteiger partial charge in [0.25, 0.3) is 10.1 Å². The van der Waals surface area contributed by atoms with Crippen molar-refractivity contribution in [1.82, 2.24) is 0 Å². The summed E-state index contributed by atoms with van der Waals surface area (Å²) in [7, 11) is -4.41. The van der Waals surface area contributed by atoms with Crippen LogP contribution < -0.4 is 0 Å². The smallest absolute Gasteiger partial charge is 0.298 e. The fourth-order valence-electron chi connectivity index (χ4n) is 3.91. The summed E-state index contributed by atoms with van der Waals surface area (Å²) in [4.78, 5) is -0.362. The molecule has 168 valence electrons. The van der Waals surface area contributed by atoms with Crippen LogP contribution in [0.5, 0.6) is 5.75 Å². The first kappa shape index (κ1) is 26.0. The minimum Gasteiger partial charge on any atom is -0.506 e. The molecule has 0 bridgehead atoms. The van der Waals surface area contributed by atoms with Gasteiger partial charge in [0.1, 0.15) is 10.6 Å². The number of aromatic hydroxyl groups is 1. The third-order valence-electron chi connectivity index (χ3n) is 5.70. The van der Waals surface area contributed by atoms with Gasteiger partial charge < -0.3 is 5.11 Å². The molecule has 0 saturated heterocycles. The lowest BCUT2D eigenvalue weighted by molar-refractivity contribution is 0.435. The highest BCUT2D eigenvalue weighted by Gasteiger charge is 2.20. The first-order valence-corrected chi connectivity index (χ1v) is 13.2. The molecule has 0 spiro atoms. The monoisotopic (exact) mass is 426 g/mol. The van der Waals surface area contributed by atoms with Crippen LogP contribution in [0.3, 0.4) is 0 Å². The molecular weight excluding hydrogens is 384 g/mol. The number of aryl methyl sites for hydroxylation is 1. The SMILES string of the molecule is CCCCCCCCCc1ccc(S(=O)(=O)O)c(O)c1CCCCCCCCC. The molecule has 0 fully saturated rings. The summed E-state index contributed by atoms with van der Waals surface area (Å²) >= 11 is 0. The maximum Gasteiger partial charge on any atom is 0.298 e. The Kier molecular flexibility index (Phi) is 13.3. The molecule has 0 radical (unpaired) electrons. The van der Waals surface area contributed by atoms with E-state index in [0.29, 0.717) is 12.0 Å². The molecule has 0 amide bonds. The summed E-state index contributed by atoms with van der Waals surface area (Å²) in [6.07, 6.45) is 18.2. The van der Waals surface area contributed by atoms with Crippen LogP contribution in [0.15, 0.2) is 17.0 Å². The maximum absolute atomic E-state index is 11.6. The van der Waals surface area contributed by atoms with Gasteiger partial charge in [-0.3, -0.25) is 4.55 Å². The van der Waals surface area contributed by atoms with Crippen molar-refractivity contribution in [1.29, 1.82) is 0 Å². The molecule has 1 aromatic carbocycles. The summed E-state index contributed by atoms with van der Waals surface area (Å²) in [6, 6.07) is 3.12. The van der Waals surface area contributed by atoms with Crippen molar-refractivity contribution in [2.24, 2.45) is 0 Å². The number of benzene rings is 1. The van der Waals surface area contributed by atoms with Crippen LogP contribution >= 0.6 is 0 Å². The highest BCUT2D eigenvalue weighted by molar-refractivity contribution is 7.86. The topological polar surface area (TPSA) is 74.6 Å². The number of unbranched alkanes of at least 4 members (excludes halogenated alkanes) is 12. The predicted molar refractivity (Wildman–Crippen MR) is 121 cm³/mol. The van der Waals surface area contributed by atoms with Crippen molar-refractivity contribution in [3.8, 4) is 5.75 Å². The third-order valence-corrected chi connectivity index (χ3v) is 6.59. The van der Waals surface area contributed by atoms with Crippen LogP contribution in [0.1, 0.15) is 115 Å². The first-order chi connectivity index (χ1) is 13.9. The standard InChI is InChI=1S/C24H42O4S/c1-3-5-7-9-11-13-15-17-21-19-20-23(29(26,27)28)24(25)22(21)18-16-14-12-10-8-6-4-2/h19-20,25H,3-18H2,1-2H3,(H,26,27,28). The lowest BCUT2D eigenvalue weighted by Crippen LogP contribution is -2.04. The Hall–Kier alpha value is -1.07. The van der Waals surface area contributed by atoms with Gasteiger partial charge in [0.05, 0.1) is 0 Å². The minimum atomic E-state index is -4.41. The number of phenols is 1. The molecule has 0 aliphatic rings. The number of hydrogen-bond acceptors (Lipinski definition) is 3. The molecule has 0 aromatic heterocycles. The second kappa shape index (κ2) is 14.8. The van der Waals surface area contributed by atoms with E-state index >= 15 is 0 Å². The normalized spacial score (nSPS) is 11.8. The maximum atomic E-state index is 11.6. The highest BCUT2D eigenvalue weighted by atomic mass is 32.2. The minimum absolute atomic E-state index is 0.251. The summed E-state index contributed by atoms with van der Waals surface area (Å²) in [5.74, 6) is -0.251. The van der Waals surface area contributed by atoms with Gasteiger partial charge in [0, 0.05) is 0 Å². The molecule has 1 aromatic rings. The van der Waals surface area contributed by atoms with Gasteiger partial charge in [-0.05, 0) is 42.9 Å². The number of hydrogen-bond donors (Lipinski definition) is 2. The molecule has 1 rings (SSSR count). The van der Waals surface area contributed by atoms with Gasteiger partial charge in [-0.2, -0.15) is 8.42 Å². The van der Waals surface area contributed by atoms with E-state index in [1.54, 1.807) is 6.07 Å². The molecule has 0 saturated carbocycles. The second-order valence-electron chi connectivity index (χ2n) is 8.27. The van der Waals surface area contributed by atoms with Crippen LogP contribution in [0.2, 0.25) is 0 Å². The van der Waals surface area contributed by atoms with Gasteiger partial charge in [-0.1, -0.05) is 97.0 Å². The second-order valence-corrected chi connectivity index (χ2v) is 9.66. The zero-order valence-corrected chi connectivity index (χ0v) is 19.4. The highest BCUT2D eigenvalue weighted by Crippen LogP contribution is 2.32. The van der Waals surface area contributed by atoms with E-state index in [1.807, 2.05) is 0 Å². The Labute approximate surface area is 178 Å². The molecule has 2 N–H and O–H groups in total. The van der Waals surface area contributed by atoms with E-state index in [0.717, 1.165) is 37.7 Å². The lowest BCUT2D eigenvalue weighted by atomic mass is 9.95. The van der Waals surface area contributed by atoms with Crippen molar-refractivity contribution in [2.45, 2.75) is 121 Å². The molecule has 5 heteroatoms. The largest absolute Gasteiger partial charge is 0.506 e. The van der Waals surface area contributed by atoms with Crippen molar-refractivity contribution in [3.05, 3.63) is 23.3 Å². The van der Waals surface area contributed by atoms with Crippen molar-refractivity contribution >= 4 is 10.1 Å². The molecule has 4 nitrogen and oxygen atoms in total. The van der Waals surface area contributed by atoms with Crippen LogP contribution in [0, 0.1) is 0 Å². The van der Waals surface area contributed by atoms with Gasteiger partial charge >= 0.3 is 0 Å². The van der Waals surface area contributed by atoms with Gasteiger partial charge in [-0.15, -0.1) is 0 Å². The van der Waals surface area contributed by atoms with E-state index < -0.39 is 10.1 Å². The lowest BCUT2D eigenvalue weighted by Gasteiger charge is -2.14. The van der Waals surface area contributed by atoms with E-state index in [-0.39, 0.29) is 10.6 Å². The van der Waals surface area contributed by atoms with Crippen LogP contribution in [-0.4, -0.2) is 18.1 Å². The molecule has 0 aliphatic carbocycles. The fraction of sp³-hybridized carbons (Fsp3) is 0.750. The average molecular weight is 427 g/mol.